The quantitative estimate of drug-likeness (QED) is 0.784. The molecule has 100 valence electrons. The van der Waals surface area contributed by atoms with Gasteiger partial charge in [-0.2, -0.15) is 0 Å². The molecule has 0 spiro atoms. The summed E-state index contributed by atoms with van der Waals surface area (Å²) >= 11 is 6.83. The number of nitrogens with one attached hydrogen (secondary N) is 1. The second kappa shape index (κ2) is 6.39. The van der Waals surface area contributed by atoms with Crippen LogP contribution >= 0.6 is 31.9 Å². The van der Waals surface area contributed by atoms with E-state index < -0.39 is 0 Å². The van der Waals surface area contributed by atoms with Gasteiger partial charge in [0.2, 0.25) is 0 Å². The Balaban J connectivity index is 2.16. The number of halogens is 2. The molecule has 2 rings (SSSR count). The maximum Gasteiger partial charge on any atom is 0.123 e. The second-order valence-electron chi connectivity index (χ2n) is 4.08. The van der Waals surface area contributed by atoms with Crippen LogP contribution in [0, 0.1) is 6.92 Å². The Morgan fingerprint density at radius 2 is 2.00 bits per heavy atom. The largest absolute Gasteiger partial charge is 0.496 e. The van der Waals surface area contributed by atoms with Gasteiger partial charge in [0.1, 0.15) is 10.4 Å². The fourth-order valence-electron chi connectivity index (χ4n) is 1.79. The number of hydrogen-bond donors (Lipinski definition) is 1. The van der Waals surface area contributed by atoms with E-state index in [2.05, 4.69) is 42.2 Å². The van der Waals surface area contributed by atoms with Crippen LogP contribution in [0.5, 0.6) is 5.75 Å². The Hall–Kier alpha value is -1.07. The van der Waals surface area contributed by atoms with E-state index in [1.54, 1.807) is 7.11 Å². The lowest BCUT2D eigenvalue weighted by molar-refractivity contribution is 0.410. The van der Waals surface area contributed by atoms with E-state index in [4.69, 9.17) is 4.74 Å². The Labute approximate surface area is 129 Å². The van der Waals surface area contributed by atoms with Crippen molar-refractivity contribution in [3.05, 3.63) is 50.7 Å². The minimum absolute atomic E-state index is 0.687. The molecule has 5 heteroatoms. The number of nitrogens with zero attached hydrogens (tertiary/aromatic N) is 1. The minimum Gasteiger partial charge on any atom is -0.496 e. The number of benzene rings is 1. The number of rotatable bonds is 4. The molecule has 0 amide bonds. The summed E-state index contributed by atoms with van der Waals surface area (Å²) in [6.07, 6.45) is 0. The number of anilines is 1. The van der Waals surface area contributed by atoms with Crippen molar-refractivity contribution in [3.63, 3.8) is 0 Å². The lowest BCUT2D eigenvalue weighted by atomic mass is 10.2. The fourth-order valence-corrected chi connectivity index (χ4v) is 2.60. The Morgan fingerprint density at radius 1 is 1.21 bits per heavy atom. The number of aryl methyl sites for hydroxylation is 1. The molecular weight excluding hydrogens is 372 g/mol. The Morgan fingerprint density at radius 3 is 2.68 bits per heavy atom. The van der Waals surface area contributed by atoms with Gasteiger partial charge in [-0.15, -0.1) is 0 Å². The monoisotopic (exact) mass is 384 g/mol. The summed E-state index contributed by atoms with van der Waals surface area (Å²) in [7, 11) is 1.68. The summed E-state index contributed by atoms with van der Waals surface area (Å²) in [5.41, 5.74) is 3.08. The fraction of sp³-hybridized carbons (Fsp3) is 0.214. The molecule has 1 N–H and O–H groups in total. The molecule has 0 atom stereocenters. The van der Waals surface area contributed by atoms with Gasteiger partial charge >= 0.3 is 0 Å². The van der Waals surface area contributed by atoms with Gasteiger partial charge in [-0.3, -0.25) is 0 Å². The van der Waals surface area contributed by atoms with Gasteiger partial charge in [-0.25, -0.2) is 4.98 Å². The number of pyridine rings is 1. The van der Waals surface area contributed by atoms with Crippen LogP contribution in [0.15, 0.2) is 39.4 Å². The van der Waals surface area contributed by atoms with Crippen molar-refractivity contribution in [2.24, 2.45) is 0 Å². The van der Waals surface area contributed by atoms with Crippen LogP contribution in [0.4, 0.5) is 5.69 Å². The van der Waals surface area contributed by atoms with Crippen LogP contribution < -0.4 is 10.1 Å². The molecule has 1 heterocycles. The number of aromatic nitrogens is 1. The molecule has 0 saturated heterocycles. The highest BCUT2D eigenvalue weighted by Crippen LogP contribution is 2.24. The molecule has 0 fully saturated rings. The highest BCUT2D eigenvalue weighted by molar-refractivity contribution is 9.10. The zero-order valence-corrected chi connectivity index (χ0v) is 13.9. The van der Waals surface area contributed by atoms with Gasteiger partial charge in [-0.1, -0.05) is 15.9 Å². The molecule has 1 aromatic carbocycles. The molecule has 0 saturated carbocycles. The molecule has 0 unspecified atom stereocenters. The van der Waals surface area contributed by atoms with Crippen molar-refractivity contribution >= 4 is 37.5 Å². The van der Waals surface area contributed by atoms with Crippen molar-refractivity contribution in [1.29, 1.82) is 0 Å². The van der Waals surface area contributed by atoms with Crippen LogP contribution in [0.3, 0.4) is 0 Å². The third-order valence-electron chi connectivity index (χ3n) is 2.76. The van der Waals surface area contributed by atoms with E-state index >= 15 is 0 Å². The summed E-state index contributed by atoms with van der Waals surface area (Å²) in [5, 5.41) is 3.37. The van der Waals surface area contributed by atoms with Crippen molar-refractivity contribution in [2.75, 3.05) is 12.4 Å². The van der Waals surface area contributed by atoms with Crippen LogP contribution in [0.25, 0.3) is 0 Å². The number of ether oxygens (including phenoxy) is 1. The lowest BCUT2D eigenvalue weighted by Gasteiger charge is -2.12. The lowest BCUT2D eigenvalue weighted by Crippen LogP contribution is -2.04. The van der Waals surface area contributed by atoms with Gasteiger partial charge in [-0.05, 0) is 53.2 Å². The molecule has 3 nitrogen and oxygen atoms in total. The van der Waals surface area contributed by atoms with Crippen molar-refractivity contribution in [1.82, 2.24) is 4.98 Å². The minimum atomic E-state index is 0.687. The first-order valence-corrected chi connectivity index (χ1v) is 7.38. The Kier molecular flexibility index (Phi) is 4.82. The van der Waals surface area contributed by atoms with Gasteiger partial charge in [0.15, 0.2) is 0 Å². The first kappa shape index (κ1) is 14.3. The molecule has 0 aliphatic rings. The third kappa shape index (κ3) is 3.70. The molecule has 1 aromatic heterocycles. The van der Waals surface area contributed by atoms with E-state index in [1.165, 1.54) is 0 Å². The number of hydrogen-bond acceptors (Lipinski definition) is 3. The maximum atomic E-state index is 5.35. The normalized spacial score (nSPS) is 10.3. The standard InChI is InChI=1S/C14H14Br2N2O/c1-9-12(4-6-14(16)18-9)17-8-10-7-11(15)3-5-13(10)19-2/h3-7,17H,8H2,1-2H3. The third-order valence-corrected chi connectivity index (χ3v) is 3.70. The van der Waals surface area contributed by atoms with Gasteiger partial charge < -0.3 is 10.1 Å². The van der Waals surface area contributed by atoms with Crippen LogP contribution in [-0.2, 0) is 6.54 Å². The van der Waals surface area contributed by atoms with E-state index in [0.717, 1.165) is 31.8 Å². The highest BCUT2D eigenvalue weighted by Gasteiger charge is 2.05. The highest BCUT2D eigenvalue weighted by atomic mass is 79.9. The van der Waals surface area contributed by atoms with E-state index in [-0.39, 0.29) is 0 Å². The molecule has 0 radical (unpaired) electrons. The predicted octanol–water partition coefficient (Wildman–Crippen LogP) is 4.54. The summed E-state index contributed by atoms with van der Waals surface area (Å²) < 4.78 is 7.24. The average Bonchev–Trinajstić information content (AvgIpc) is 2.38. The van der Waals surface area contributed by atoms with Gasteiger partial charge in [0, 0.05) is 16.6 Å². The average molecular weight is 386 g/mol. The van der Waals surface area contributed by atoms with Crippen molar-refractivity contribution < 1.29 is 4.74 Å². The Bertz CT molecular complexity index is 588. The second-order valence-corrected chi connectivity index (χ2v) is 5.80. The molecule has 0 aliphatic carbocycles. The maximum absolute atomic E-state index is 5.35. The van der Waals surface area contributed by atoms with Crippen LogP contribution in [-0.4, -0.2) is 12.1 Å². The molecular formula is C14H14Br2N2O. The predicted molar refractivity (Wildman–Crippen MR) is 84.7 cm³/mol. The topological polar surface area (TPSA) is 34.1 Å². The summed E-state index contributed by atoms with van der Waals surface area (Å²) in [4.78, 5) is 4.36. The van der Waals surface area contributed by atoms with Crippen molar-refractivity contribution in [3.8, 4) is 5.75 Å². The van der Waals surface area contributed by atoms with Crippen LogP contribution in [0.1, 0.15) is 11.3 Å². The smallest absolute Gasteiger partial charge is 0.123 e. The van der Waals surface area contributed by atoms with E-state index in [1.807, 2.05) is 37.3 Å². The first-order valence-electron chi connectivity index (χ1n) is 5.79. The zero-order chi connectivity index (χ0) is 13.8. The first-order chi connectivity index (χ1) is 9.10. The van der Waals surface area contributed by atoms with Gasteiger partial charge in [0.25, 0.3) is 0 Å². The summed E-state index contributed by atoms with van der Waals surface area (Å²) in [6.45, 7) is 2.66. The van der Waals surface area contributed by atoms with Crippen molar-refractivity contribution in [2.45, 2.75) is 13.5 Å². The van der Waals surface area contributed by atoms with E-state index in [0.29, 0.717) is 6.54 Å². The number of methoxy groups -OCH3 is 1. The van der Waals surface area contributed by atoms with E-state index in [9.17, 15) is 0 Å². The van der Waals surface area contributed by atoms with Gasteiger partial charge in [0.05, 0.1) is 18.5 Å². The molecule has 0 bridgehead atoms. The molecule has 19 heavy (non-hydrogen) atoms. The zero-order valence-electron chi connectivity index (χ0n) is 10.7. The van der Waals surface area contributed by atoms with Crippen LogP contribution in [0.2, 0.25) is 0 Å². The summed E-state index contributed by atoms with van der Waals surface area (Å²) in [6, 6.07) is 9.90. The summed E-state index contributed by atoms with van der Waals surface area (Å²) in [5.74, 6) is 0.874. The SMILES string of the molecule is COc1ccc(Br)cc1CNc1ccc(Br)nc1C. The molecule has 2 aromatic rings. The molecule has 0 aliphatic heterocycles.